The van der Waals surface area contributed by atoms with Crippen LogP contribution in [0.2, 0.25) is 0 Å². The number of carboxylic acid groups (broad SMARTS) is 1. The molecular weight excluding hydrogens is 254 g/mol. The minimum Gasteiger partial charge on any atom is -0.478 e. The van der Waals surface area contributed by atoms with Gasteiger partial charge in [0.15, 0.2) is 0 Å². The molecule has 0 bridgehead atoms. The molecule has 1 saturated heterocycles. The normalized spacial score (nSPS) is 25.6. The van der Waals surface area contributed by atoms with E-state index < -0.39 is 5.97 Å². The molecule has 1 aromatic rings. The van der Waals surface area contributed by atoms with Gasteiger partial charge in [0.1, 0.15) is 0 Å². The fraction of sp³-hybridized carbons (Fsp3) is 0.500. The van der Waals surface area contributed by atoms with Crippen molar-refractivity contribution in [1.82, 2.24) is 4.90 Å². The number of hydrogen-bond acceptors (Lipinski definition) is 2. The molecule has 1 aliphatic carbocycles. The average Bonchev–Trinajstić information content (AvgIpc) is 2.44. The lowest BCUT2D eigenvalue weighted by Gasteiger charge is -2.43. The second kappa shape index (κ2) is 4.62. The SMILES string of the molecule is CN1CCC[C@]2(CCc3cc(C(=O)O)ccc3C2)C1=O. The Morgan fingerprint density at radius 2 is 2.10 bits per heavy atom. The van der Waals surface area contributed by atoms with Crippen molar-refractivity contribution in [2.24, 2.45) is 5.41 Å². The molecule has 3 rings (SSSR count). The van der Waals surface area contributed by atoms with Crippen LogP contribution in [0, 0.1) is 5.41 Å². The van der Waals surface area contributed by atoms with Crippen molar-refractivity contribution in [1.29, 1.82) is 0 Å². The van der Waals surface area contributed by atoms with Crippen LogP contribution >= 0.6 is 0 Å². The van der Waals surface area contributed by atoms with E-state index in [4.69, 9.17) is 5.11 Å². The first kappa shape index (κ1) is 13.2. The Morgan fingerprint density at radius 1 is 1.30 bits per heavy atom. The van der Waals surface area contributed by atoms with Gasteiger partial charge in [-0.25, -0.2) is 4.79 Å². The van der Waals surface area contributed by atoms with E-state index in [1.165, 1.54) is 0 Å². The van der Waals surface area contributed by atoms with E-state index in [2.05, 4.69) is 0 Å². The Balaban J connectivity index is 1.92. The van der Waals surface area contributed by atoms with E-state index in [1.807, 2.05) is 18.0 Å². The van der Waals surface area contributed by atoms with Gasteiger partial charge in [-0.15, -0.1) is 0 Å². The molecule has 1 fully saturated rings. The van der Waals surface area contributed by atoms with Gasteiger partial charge in [0.05, 0.1) is 11.0 Å². The lowest BCUT2D eigenvalue weighted by atomic mass is 9.66. The monoisotopic (exact) mass is 273 g/mol. The van der Waals surface area contributed by atoms with Crippen molar-refractivity contribution in [3.8, 4) is 0 Å². The molecule has 106 valence electrons. The van der Waals surface area contributed by atoms with Crippen LogP contribution in [0.4, 0.5) is 0 Å². The minimum absolute atomic E-state index is 0.245. The lowest BCUT2D eigenvalue weighted by molar-refractivity contribution is -0.145. The van der Waals surface area contributed by atoms with Crippen molar-refractivity contribution in [3.05, 3.63) is 34.9 Å². The molecule has 1 heterocycles. The molecule has 1 aromatic carbocycles. The highest BCUT2D eigenvalue weighted by Gasteiger charge is 2.44. The number of aryl methyl sites for hydroxylation is 1. The number of amides is 1. The fourth-order valence-electron chi connectivity index (χ4n) is 3.65. The first-order valence-electron chi connectivity index (χ1n) is 7.12. The van der Waals surface area contributed by atoms with Crippen LogP contribution < -0.4 is 0 Å². The van der Waals surface area contributed by atoms with Crippen LogP contribution in [-0.4, -0.2) is 35.5 Å². The van der Waals surface area contributed by atoms with E-state index in [-0.39, 0.29) is 11.3 Å². The van der Waals surface area contributed by atoms with Crippen LogP contribution in [0.5, 0.6) is 0 Å². The van der Waals surface area contributed by atoms with E-state index in [1.54, 1.807) is 12.1 Å². The molecule has 0 unspecified atom stereocenters. The lowest BCUT2D eigenvalue weighted by Crippen LogP contribution is -2.49. The van der Waals surface area contributed by atoms with Crippen molar-refractivity contribution >= 4 is 11.9 Å². The largest absolute Gasteiger partial charge is 0.478 e. The zero-order valence-electron chi connectivity index (χ0n) is 11.7. The van der Waals surface area contributed by atoms with Crippen LogP contribution in [-0.2, 0) is 17.6 Å². The maximum Gasteiger partial charge on any atom is 0.335 e. The van der Waals surface area contributed by atoms with Gasteiger partial charge in [-0.05, 0) is 55.4 Å². The third-order valence-electron chi connectivity index (χ3n) is 4.80. The van der Waals surface area contributed by atoms with Crippen LogP contribution in [0.1, 0.15) is 40.7 Å². The Labute approximate surface area is 118 Å². The van der Waals surface area contributed by atoms with Gasteiger partial charge < -0.3 is 10.0 Å². The van der Waals surface area contributed by atoms with Crippen LogP contribution in [0.3, 0.4) is 0 Å². The van der Waals surface area contributed by atoms with E-state index in [0.29, 0.717) is 5.56 Å². The number of carboxylic acids is 1. The van der Waals surface area contributed by atoms with Crippen molar-refractivity contribution in [2.45, 2.75) is 32.1 Å². The van der Waals surface area contributed by atoms with Gasteiger partial charge in [-0.2, -0.15) is 0 Å². The molecule has 1 amide bonds. The summed E-state index contributed by atoms with van der Waals surface area (Å²) >= 11 is 0. The van der Waals surface area contributed by atoms with Crippen LogP contribution in [0.15, 0.2) is 18.2 Å². The molecule has 1 aliphatic heterocycles. The molecular formula is C16H19NO3. The van der Waals surface area contributed by atoms with Gasteiger partial charge in [0.2, 0.25) is 5.91 Å². The first-order valence-corrected chi connectivity index (χ1v) is 7.12. The molecule has 0 radical (unpaired) electrons. The van der Waals surface area contributed by atoms with Gasteiger partial charge >= 0.3 is 5.97 Å². The van der Waals surface area contributed by atoms with Gasteiger partial charge in [0.25, 0.3) is 0 Å². The zero-order valence-corrected chi connectivity index (χ0v) is 11.7. The maximum atomic E-state index is 12.5. The standard InChI is InChI=1S/C16H19NO3/c1-17-8-2-6-16(15(17)20)7-5-11-9-12(14(18)19)3-4-13(11)10-16/h3-4,9H,2,5-8,10H2,1H3,(H,18,19)/t16-/m1/s1. The summed E-state index contributed by atoms with van der Waals surface area (Å²) in [5.74, 6) is -0.627. The second-order valence-electron chi connectivity index (χ2n) is 6.08. The van der Waals surface area contributed by atoms with Crippen LogP contribution in [0.25, 0.3) is 0 Å². The highest BCUT2D eigenvalue weighted by atomic mass is 16.4. The third-order valence-corrected chi connectivity index (χ3v) is 4.80. The number of carbonyl (C=O) groups is 2. The molecule has 1 N–H and O–H groups in total. The summed E-state index contributed by atoms with van der Waals surface area (Å²) in [6.45, 7) is 0.853. The van der Waals surface area contributed by atoms with Crippen molar-refractivity contribution in [2.75, 3.05) is 13.6 Å². The number of hydrogen-bond donors (Lipinski definition) is 1. The van der Waals surface area contributed by atoms with Crippen molar-refractivity contribution < 1.29 is 14.7 Å². The van der Waals surface area contributed by atoms with Crippen molar-refractivity contribution in [3.63, 3.8) is 0 Å². The summed E-state index contributed by atoms with van der Waals surface area (Å²) < 4.78 is 0. The number of benzene rings is 1. The average molecular weight is 273 g/mol. The molecule has 4 nitrogen and oxygen atoms in total. The highest BCUT2D eigenvalue weighted by molar-refractivity contribution is 5.88. The number of likely N-dealkylation sites (tertiary alicyclic amines) is 1. The fourth-order valence-corrected chi connectivity index (χ4v) is 3.65. The molecule has 0 aromatic heterocycles. The molecule has 1 atom stereocenters. The number of aromatic carboxylic acids is 1. The summed E-state index contributed by atoms with van der Waals surface area (Å²) in [6.07, 6.45) is 4.41. The molecule has 20 heavy (non-hydrogen) atoms. The topological polar surface area (TPSA) is 57.6 Å². The quantitative estimate of drug-likeness (QED) is 0.852. The number of rotatable bonds is 1. The molecule has 0 saturated carbocycles. The summed E-state index contributed by atoms with van der Waals surface area (Å²) in [7, 11) is 1.88. The second-order valence-corrected chi connectivity index (χ2v) is 6.08. The maximum absolute atomic E-state index is 12.5. The van der Waals surface area contributed by atoms with E-state index in [0.717, 1.165) is 49.8 Å². The Morgan fingerprint density at radius 3 is 2.85 bits per heavy atom. The summed E-state index contributed by atoms with van der Waals surface area (Å²) in [5, 5.41) is 9.04. The third kappa shape index (κ3) is 1.99. The smallest absolute Gasteiger partial charge is 0.335 e. The van der Waals surface area contributed by atoms with Gasteiger partial charge in [0, 0.05) is 13.6 Å². The number of nitrogens with zero attached hydrogens (tertiary/aromatic N) is 1. The van der Waals surface area contributed by atoms with E-state index >= 15 is 0 Å². The Bertz CT molecular complexity index is 581. The van der Waals surface area contributed by atoms with Gasteiger partial charge in [-0.3, -0.25) is 4.79 Å². The molecule has 4 heteroatoms. The number of carbonyl (C=O) groups excluding carboxylic acids is 1. The predicted octanol–water partition coefficient (Wildman–Crippen LogP) is 2.11. The zero-order chi connectivity index (χ0) is 14.3. The predicted molar refractivity (Wildman–Crippen MR) is 74.7 cm³/mol. The summed E-state index contributed by atoms with van der Waals surface area (Å²) in [5.41, 5.74) is 2.33. The minimum atomic E-state index is -0.887. The first-order chi connectivity index (χ1) is 9.52. The summed E-state index contributed by atoms with van der Waals surface area (Å²) in [6, 6.07) is 5.31. The number of piperidine rings is 1. The Hall–Kier alpha value is -1.84. The van der Waals surface area contributed by atoms with E-state index in [9.17, 15) is 9.59 Å². The van der Waals surface area contributed by atoms with Gasteiger partial charge in [-0.1, -0.05) is 6.07 Å². The molecule has 1 spiro atoms. The number of fused-ring (bicyclic) bond motifs is 1. The highest BCUT2D eigenvalue weighted by Crippen LogP contribution is 2.42. The Kier molecular flexibility index (Phi) is 3.04. The molecule has 2 aliphatic rings. The summed E-state index contributed by atoms with van der Waals surface area (Å²) in [4.78, 5) is 25.4.